The van der Waals surface area contributed by atoms with Crippen molar-refractivity contribution in [3.05, 3.63) is 87.9 Å². The number of nitrogens with zero attached hydrogens (tertiary/aromatic N) is 3. The summed E-state index contributed by atoms with van der Waals surface area (Å²) in [6.45, 7) is 3.74. The third-order valence-electron chi connectivity index (χ3n) is 5.07. The summed E-state index contributed by atoms with van der Waals surface area (Å²) in [4.78, 5) is 6.91. The molecule has 1 heterocycles. The van der Waals surface area contributed by atoms with Crippen LogP contribution in [0.4, 0.5) is 11.4 Å². The molecule has 1 saturated heterocycles. The summed E-state index contributed by atoms with van der Waals surface area (Å²) in [5.41, 5.74) is 4.56. The molecule has 1 fully saturated rings. The van der Waals surface area contributed by atoms with E-state index in [1.807, 2.05) is 54.7 Å². The summed E-state index contributed by atoms with van der Waals surface area (Å²) in [7, 11) is 0. The highest BCUT2D eigenvalue weighted by atomic mass is 79.9. The fourth-order valence-corrected chi connectivity index (χ4v) is 3.86. The standard InChI is InChI=1S/C25H22BrN3O2/c26-24-15-19(5-10-25(24)31-18-21-4-2-1-3-20(21)16-27)17-28-22-6-8-23(9-7-22)29-11-13-30-14-12-29/h1-10,15,17H,11-14,18H2. The average Bonchev–Trinajstić information content (AvgIpc) is 2.83. The van der Waals surface area contributed by atoms with E-state index in [2.05, 4.69) is 44.0 Å². The fourth-order valence-electron chi connectivity index (χ4n) is 3.35. The number of rotatable bonds is 6. The van der Waals surface area contributed by atoms with Gasteiger partial charge in [0.25, 0.3) is 0 Å². The molecule has 1 aliphatic rings. The van der Waals surface area contributed by atoms with Gasteiger partial charge in [-0.1, -0.05) is 18.2 Å². The maximum absolute atomic E-state index is 9.20. The SMILES string of the molecule is N#Cc1ccccc1COc1ccc(C=Nc2ccc(N3CCOCC3)cc2)cc1Br. The molecule has 1 aliphatic heterocycles. The number of morpholine rings is 1. The van der Waals surface area contributed by atoms with E-state index < -0.39 is 0 Å². The fraction of sp³-hybridized carbons (Fsp3) is 0.200. The summed E-state index contributed by atoms with van der Waals surface area (Å²) in [6, 6.07) is 23.7. The van der Waals surface area contributed by atoms with Crippen molar-refractivity contribution in [3.63, 3.8) is 0 Å². The summed E-state index contributed by atoms with van der Waals surface area (Å²) in [5, 5.41) is 9.20. The molecular formula is C25H22BrN3O2. The molecule has 3 aromatic carbocycles. The largest absolute Gasteiger partial charge is 0.488 e. The first-order chi connectivity index (χ1) is 15.2. The van der Waals surface area contributed by atoms with Crippen LogP contribution in [0, 0.1) is 11.3 Å². The van der Waals surface area contributed by atoms with Crippen LogP contribution in [0.2, 0.25) is 0 Å². The van der Waals surface area contributed by atoms with Crippen LogP contribution < -0.4 is 9.64 Å². The number of anilines is 1. The van der Waals surface area contributed by atoms with Crippen LogP contribution >= 0.6 is 15.9 Å². The van der Waals surface area contributed by atoms with E-state index in [1.165, 1.54) is 5.69 Å². The Labute approximate surface area is 190 Å². The normalized spacial score (nSPS) is 13.9. The Morgan fingerprint density at radius 3 is 2.58 bits per heavy atom. The van der Waals surface area contributed by atoms with Gasteiger partial charge in [0.2, 0.25) is 0 Å². The summed E-state index contributed by atoms with van der Waals surface area (Å²) < 4.78 is 12.1. The molecule has 0 N–H and O–H groups in total. The Morgan fingerprint density at radius 1 is 1.06 bits per heavy atom. The zero-order valence-electron chi connectivity index (χ0n) is 17.0. The number of ether oxygens (including phenoxy) is 2. The van der Waals surface area contributed by atoms with Crippen LogP contribution in [0.25, 0.3) is 0 Å². The lowest BCUT2D eigenvalue weighted by Gasteiger charge is -2.28. The molecule has 0 spiro atoms. The number of halogens is 1. The van der Waals surface area contributed by atoms with Gasteiger partial charge in [-0.05, 0) is 70.0 Å². The van der Waals surface area contributed by atoms with Gasteiger partial charge >= 0.3 is 0 Å². The Morgan fingerprint density at radius 2 is 1.84 bits per heavy atom. The van der Waals surface area contributed by atoms with Gasteiger partial charge in [0, 0.05) is 30.6 Å². The van der Waals surface area contributed by atoms with Gasteiger partial charge in [-0.25, -0.2) is 0 Å². The lowest BCUT2D eigenvalue weighted by atomic mass is 10.1. The van der Waals surface area contributed by atoms with Crippen molar-refractivity contribution in [3.8, 4) is 11.8 Å². The molecule has 3 aromatic rings. The van der Waals surface area contributed by atoms with Crippen LogP contribution in [0.15, 0.2) is 76.2 Å². The minimum absolute atomic E-state index is 0.339. The van der Waals surface area contributed by atoms with E-state index in [0.717, 1.165) is 53.3 Å². The second-order valence-corrected chi connectivity index (χ2v) is 7.98. The predicted molar refractivity (Wildman–Crippen MR) is 126 cm³/mol. The minimum atomic E-state index is 0.339. The molecule has 5 nitrogen and oxygen atoms in total. The molecule has 0 unspecified atom stereocenters. The molecule has 0 radical (unpaired) electrons. The van der Waals surface area contributed by atoms with Gasteiger partial charge in [0.05, 0.1) is 35.0 Å². The van der Waals surface area contributed by atoms with Crippen molar-refractivity contribution in [2.75, 3.05) is 31.2 Å². The number of aliphatic imine (C=N–C) groups is 1. The molecule has 156 valence electrons. The average molecular weight is 476 g/mol. The van der Waals surface area contributed by atoms with E-state index in [0.29, 0.717) is 12.2 Å². The summed E-state index contributed by atoms with van der Waals surface area (Å²) >= 11 is 3.57. The van der Waals surface area contributed by atoms with Crippen molar-refractivity contribution in [1.29, 1.82) is 5.26 Å². The number of hydrogen-bond donors (Lipinski definition) is 0. The Bertz CT molecular complexity index is 1100. The maximum atomic E-state index is 9.20. The van der Waals surface area contributed by atoms with Crippen molar-refractivity contribution < 1.29 is 9.47 Å². The molecule has 0 saturated carbocycles. The zero-order chi connectivity index (χ0) is 21.5. The van der Waals surface area contributed by atoms with E-state index in [4.69, 9.17) is 9.47 Å². The van der Waals surface area contributed by atoms with Crippen molar-refractivity contribution in [1.82, 2.24) is 0 Å². The Hall–Kier alpha value is -3.14. The number of benzene rings is 3. The molecule has 0 aromatic heterocycles. The molecule has 6 heteroatoms. The smallest absolute Gasteiger partial charge is 0.134 e. The maximum Gasteiger partial charge on any atom is 0.134 e. The third kappa shape index (κ3) is 5.52. The van der Waals surface area contributed by atoms with Crippen LogP contribution in [-0.2, 0) is 11.3 Å². The van der Waals surface area contributed by atoms with Gasteiger partial charge in [0.1, 0.15) is 12.4 Å². The molecule has 4 rings (SSSR count). The molecule has 0 amide bonds. The van der Waals surface area contributed by atoms with Crippen LogP contribution in [0.3, 0.4) is 0 Å². The van der Waals surface area contributed by atoms with Crippen molar-refractivity contribution >= 4 is 33.5 Å². The highest BCUT2D eigenvalue weighted by molar-refractivity contribution is 9.10. The topological polar surface area (TPSA) is 57.8 Å². The molecule has 0 atom stereocenters. The van der Waals surface area contributed by atoms with E-state index in [9.17, 15) is 5.26 Å². The third-order valence-corrected chi connectivity index (χ3v) is 5.69. The Kier molecular flexibility index (Phi) is 6.98. The first kappa shape index (κ1) is 21.1. The molecular weight excluding hydrogens is 454 g/mol. The summed E-state index contributed by atoms with van der Waals surface area (Å²) in [6.07, 6.45) is 1.84. The van der Waals surface area contributed by atoms with Gasteiger partial charge in [0.15, 0.2) is 0 Å². The Balaban J connectivity index is 1.38. The van der Waals surface area contributed by atoms with Crippen molar-refractivity contribution in [2.24, 2.45) is 4.99 Å². The summed E-state index contributed by atoms with van der Waals surface area (Å²) in [5.74, 6) is 0.722. The second-order valence-electron chi connectivity index (χ2n) is 7.12. The van der Waals surface area contributed by atoms with Crippen molar-refractivity contribution in [2.45, 2.75) is 6.61 Å². The van der Waals surface area contributed by atoms with Crippen LogP contribution in [0.5, 0.6) is 5.75 Å². The number of nitriles is 1. The van der Waals surface area contributed by atoms with E-state index in [-0.39, 0.29) is 0 Å². The van der Waals surface area contributed by atoms with Gasteiger partial charge in [-0.3, -0.25) is 4.99 Å². The molecule has 0 aliphatic carbocycles. The van der Waals surface area contributed by atoms with E-state index >= 15 is 0 Å². The highest BCUT2D eigenvalue weighted by Crippen LogP contribution is 2.27. The monoisotopic (exact) mass is 475 g/mol. The van der Waals surface area contributed by atoms with Crippen LogP contribution in [0.1, 0.15) is 16.7 Å². The lowest BCUT2D eigenvalue weighted by molar-refractivity contribution is 0.122. The minimum Gasteiger partial charge on any atom is -0.488 e. The zero-order valence-corrected chi connectivity index (χ0v) is 18.6. The van der Waals surface area contributed by atoms with Gasteiger partial charge in [-0.15, -0.1) is 0 Å². The first-order valence-electron chi connectivity index (χ1n) is 10.1. The van der Waals surface area contributed by atoms with E-state index in [1.54, 1.807) is 6.07 Å². The lowest BCUT2D eigenvalue weighted by Crippen LogP contribution is -2.36. The number of hydrogen-bond acceptors (Lipinski definition) is 5. The van der Waals surface area contributed by atoms with Gasteiger partial charge in [-0.2, -0.15) is 5.26 Å². The molecule has 0 bridgehead atoms. The quantitative estimate of drug-likeness (QED) is 0.442. The highest BCUT2D eigenvalue weighted by Gasteiger charge is 2.10. The first-order valence-corrected chi connectivity index (χ1v) is 10.9. The predicted octanol–water partition coefficient (Wildman–Crippen LogP) is 5.49. The van der Waals surface area contributed by atoms with Gasteiger partial charge < -0.3 is 14.4 Å². The molecule has 31 heavy (non-hydrogen) atoms. The van der Waals surface area contributed by atoms with Crippen LogP contribution in [-0.4, -0.2) is 32.5 Å². The second kappa shape index (κ2) is 10.3.